The normalized spacial score (nSPS) is 12.5. The van der Waals surface area contributed by atoms with Crippen molar-refractivity contribution in [3.63, 3.8) is 0 Å². The first-order chi connectivity index (χ1) is 21.3. The molecule has 0 aliphatic heterocycles. The second-order valence-corrected chi connectivity index (χ2v) is 13.4. The smallest absolute Gasteiger partial charge is 0.263 e. The van der Waals surface area contributed by atoms with Crippen molar-refractivity contribution >= 4 is 45.0 Å². The Morgan fingerprint density at radius 2 is 1.18 bits per heavy atom. The van der Waals surface area contributed by atoms with E-state index in [0.717, 1.165) is 56.5 Å². The summed E-state index contributed by atoms with van der Waals surface area (Å²) in [4.78, 5) is 24.5. The Morgan fingerprint density at radius 3 is 1.68 bits per heavy atom. The number of halogens is 1. The van der Waals surface area contributed by atoms with E-state index in [9.17, 15) is 9.59 Å². The molecule has 1 aromatic carbocycles. The molecule has 0 fully saturated rings. The molecule has 0 unspecified atom stereocenters. The van der Waals surface area contributed by atoms with Crippen LogP contribution in [0.3, 0.4) is 0 Å². The van der Waals surface area contributed by atoms with Crippen molar-refractivity contribution in [2.45, 2.75) is 77.7 Å². The van der Waals surface area contributed by atoms with Gasteiger partial charge in [0.25, 0.3) is 5.91 Å². The molecule has 0 saturated carbocycles. The summed E-state index contributed by atoms with van der Waals surface area (Å²) in [6.07, 6.45) is 33.3. The number of hydrogen-bond donors (Lipinski definition) is 2. The lowest BCUT2D eigenvalue weighted by Gasteiger charge is -2.25. The third kappa shape index (κ3) is 22.9. The molecule has 2 N–H and O–H groups in total. The zero-order valence-electron chi connectivity index (χ0n) is 26.6. The second kappa shape index (κ2) is 26.8. The minimum atomic E-state index is -0.985. The zero-order valence-corrected chi connectivity index (χ0v) is 29.0. The van der Waals surface area contributed by atoms with E-state index >= 15 is 0 Å². The van der Waals surface area contributed by atoms with Gasteiger partial charge in [-0.1, -0.05) is 113 Å². The van der Waals surface area contributed by atoms with Gasteiger partial charge in [0.2, 0.25) is 5.91 Å². The van der Waals surface area contributed by atoms with Crippen LogP contribution in [-0.4, -0.2) is 42.0 Å². The van der Waals surface area contributed by atoms with E-state index in [1.54, 1.807) is 59.7 Å². The van der Waals surface area contributed by atoms with Crippen LogP contribution in [0.4, 0.5) is 0 Å². The molecular weight excluding hydrogens is 608 g/mol. The Kier molecular flexibility index (Phi) is 24.0. The first kappa shape index (κ1) is 39.4. The maximum Gasteiger partial charge on any atom is 0.263 e. The van der Waals surface area contributed by atoms with Crippen molar-refractivity contribution in [2.24, 2.45) is 0 Å². The van der Waals surface area contributed by atoms with Gasteiger partial charge in [0.05, 0.1) is 0 Å². The molecule has 0 spiro atoms. The minimum absolute atomic E-state index is 0.0744. The van der Waals surface area contributed by atoms with Crippen LogP contribution >= 0.6 is 33.2 Å². The molecule has 0 saturated heterocycles. The van der Waals surface area contributed by atoms with E-state index in [1.807, 2.05) is 0 Å². The molecule has 1 aromatic rings. The summed E-state index contributed by atoms with van der Waals surface area (Å²) in [6.45, 7) is 6.81. The molecule has 0 atom stereocenters. The number of benzene rings is 1. The Balaban J connectivity index is 1.96. The summed E-state index contributed by atoms with van der Waals surface area (Å²) >= 11 is 5.90. The molecule has 44 heavy (non-hydrogen) atoms. The Morgan fingerprint density at radius 1 is 0.727 bits per heavy atom. The SMILES string of the molecule is CC/C=C\C/C=C\C/C=C\C/C=C\C/C=C\C/C=C\CCC(=O)NCCSSCCNC(=O)C(C)(C)Oc1ccc(Cl)cc1. The Hall–Kier alpha value is -2.61. The fourth-order valence-corrected chi connectivity index (χ4v) is 5.49. The van der Waals surface area contributed by atoms with Crippen LogP contribution in [0, 0.1) is 0 Å². The summed E-state index contributed by atoms with van der Waals surface area (Å²) in [5, 5.41) is 6.50. The van der Waals surface area contributed by atoms with Crippen molar-refractivity contribution < 1.29 is 14.3 Å². The summed E-state index contributed by atoms with van der Waals surface area (Å²) in [5.41, 5.74) is -0.985. The number of nitrogens with one attached hydrogen (secondary N) is 2. The number of carbonyl (C=O) groups excluding carboxylic acids is 2. The molecule has 1 rings (SSSR count). The van der Waals surface area contributed by atoms with Crippen LogP contribution in [0.5, 0.6) is 5.75 Å². The molecule has 5 nitrogen and oxygen atoms in total. The van der Waals surface area contributed by atoms with Crippen LogP contribution in [0.2, 0.25) is 5.02 Å². The molecule has 0 radical (unpaired) electrons. The number of carbonyl (C=O) groups is 2. The highest BCUT2D eigenvalue weighted by molar-refractivity contribution is 8.76. The quantitative estimate of drug-likeness (QED) is 0.0658. The monoisotopic (exact) mass is 658 g/mol. The summed E-state index contributed by atoms with van der Waals surface area (Å²) in [7, 11) is 3.35. The minimum Gasteiger partial charge on any atom is -0.478 e. The van der Waals surface area contributed by atoms with E-state index in [4.69, 9.17) is 16.3 Å². The molecule has 0 aliphatic rings. The van der Waals surface area contributed by atoms with Gasteiger partial charge in [-0.25, -0.2) is 0 Å². The molecule has 0 aliphatic carbocycles. The van der Waals surface area contributed by atoms with Crippen molar-refractivity contribution in [1.82, 2.24) is 10.6 Å². The van der Waals surface area contributed by atoms with Gasteiger partial charge in [0.15, 0.2) is 5.60 Å². The second-order valence-electron chi connectivity index (χ2n) is 10.3. The first-order valence-electron chi connectivity index (χ1n) is 15.5. The van der Waals surface area contributed by atoms with Gasteiger partial charge in [0.1, 0.15) is 5.75 Å². The first-order valence-corrected chi connectivity index (χ1v) is 18.4. The fourth-order valence-electron chi connectivity index (χ4n) is 3.56. The van der Waals surface area contributed by atoms with Crippen LogP contribution in [0.25, 0.3) is 0 Å². The van der Waals surface area contributed by atoms with Gasteiger partial charge in [-0.05, 0) is 83.1 Å². The van der Waals surface area contributed by atoms with Crippen molar-refractivity contribution in [3.05, 3.63) is 102 Å². The summed E-state index contributed by atoms with van der Waals surface area (Å²) in [5.74, 6) is 2.08. The highest BCUT2D eigenvalue weighted by atomic mass is 35.5. The average molecular weight is 659 g/mol. The largest absolute Gasteiger partial charge is 0.478 e. The topological polar surface area (TPSA) is 67.4 Å². The van der Waals surface area contributed by atoms with Crippen LogP contribution in [-0.2, 0) is 9.59 Å². The van der Waals surface area contributed by atoms with E-state index < -0.39 is 5.60 Å². The number of rotatable bonds is 24. The Bertz CT molecular complexity index is 1090. The molecule has 8 heteroatoms. The standard InChI is InChI=1S/C36H51ClN2O3S2/c1-4-5-6-7-8-9-10-11-12-13-14-15-16-17-18-19-20-21-22-23-34(40)38-28-30-43-44-31-29-39-35(41)36(2,3)42-33-26-24-32(37)25-27-33/h5-6,8-9,11-12,14-15,17-18,20-21,24-27H,4,7,10,13,16,19,22-23,28-31H2,1-3H3,(H,38,40)(H,39,41)/b6-5-,9-8-,12-11-,15-14-,18-17-,21-20-. The van der Waals surface area contributed by atoms with E-state index in [1.165, 1.54) is 0 Å². The maximum absolute atomic E-state index is 12.5. The molecular formula is C36H51ClN2O3S2. The van der Waals surface area contributed by atoms with E-state index in [0.29, 0.717) is 30.3 Å². The third-order valence-corrected chi connectivity index (χ3v) is 8.59. The molecule has 2 amide bonds. The van der Waals surface area contributed by atoms with Crippen molar-refractivity contribution in [1.29, 1.82) is 0 Å². The van der Waals surface area contributed by atoms with E-state index in [2.05, 4.69) is 90.5 Å². The highest BCUT2D eigenvalue weighted by Gasteiger charge is 2.29. The van der Waals surface area contributed by atoms with Crippen molar-refractivity contribution in [2.75, 3.05) is 24.6 Å². The van der Waals surface area contributed by atoms with E-state index in [-0.39, 0.29) is 11.8 Å². The molecule has 242 valence electrons. The number of amides is 2. The average Bonchev–Trinajstić information content (AvgIpc) is 3.00. The number of allylic oxidation sites excluding steroid dienone is 12. The summed E-state index contributed by atoms with van der Waals surface area (Å²) < 4.78 is 5.81. The van der Waals surface area contributed by atoms with Crippen molar-refractivity contribution in [3.8, 4) is 5.75 Å². The lowest BCUT2D eigenvalue weighted by molar-refractivity contribution is -0.134. The molecule has 0 heterocycles. The lowest BCUT2D eigenvalue weighted by atomic mass is 10.1. The maximum atomic E-state index is 12.5. The predicted octanol–water partition coefficient (Wildman–Crippen LogP) is 9.59. The molecule has 0 aromatic heterocycles. The van der Waals surface area contributed by atoms with Gasteiger partial charge in [-0.15, -0.1) is 0 Å². The summed E-state index contributed by atoms with van der Waals surface area (Å²) in [6, 6.07) is 6.95. The number of hydrogen-bond acceptors (Lipinski definition) is 5. The lowest BCUT2D eigenvalue weighted by Crippen LogP contribution is -2.47. The van der Waals surface area contributed by atoms with Gasteiger partial charge in [0, 0.05) is 36.0 Å². The Labute approximate surface area is 279 Å². The van der Waals surface area contributed by atoms with Crippen LogP contribution in [0.1, 0.15) is 72.1 Å². The van der Waals surface area contributed by atoms with Gasteiger partial charge < -0.3 is 15.4 Å². The van der Waals surface area contributed by atoms with Gasteiger partial charge >= 0.3 is 0 Å². The zero-order chi connectivity index (χ0) is 32.1. The third-order valence-electron chi connectivity index (χ3n) is 5.93. The number of ether oxygens (including phenoxy) is 1. The van der Waals surface area contributed by atoms with Crippen LogP contribution in [0.15, 0.2) is 97.2 Å². The predicted molar refractivity (Wildman–Crippen MR) is 195 cm³/mol. The van der Waals surface area contributed by atoms with Crippen LogP contribution < -0.4 is 15.4 Å². The molecule has 0 bridgehead atoms. The van der Waals surface area contributed by atoms with Gasteiger partial charge in [-0.2, -0.15) is 0 Å². The van der Waals surface area contributed by atoms with Gasteiger partial charge in [-0.3, -0.25) is 9.59 Å². The fraction of sp³-hybridized carbons (Fsp3) is 0.444. The highest BCUT2D eigenvalue weighted by Crippen LogP contribution is 2.22.